The van der Waals surface area contributed by atoms with Crippen molar-refractivity contribution in [3.05, 3.63) is 72.8 Å². The molecule has 19 heavy (non-hydrogen) atoms. The van der Waals surface area contributed by atoms with Gasteiger partial charge >= 0.3 is 0 Å². The smallest absolute Gasteiger partial charge is 0.159 e. The van der Waals surface area contributed by atoms with Crippen LogP contribution in [0.15, 0.2) is 67.0 Å². The normalized spacial score (nSPS) is 10.4. The summed E-state index contributed by atoms with van der Waals surface area (Å²) in [6.45, 7) is 0. The molecule has 0 saturated carbocycles. The van der Waals surface area contributed by atoms with E-state index in [-0.39, 0.29) is 5.82 Å². The van der Waals surface area contributed by atoms with Gasteiger partial charge in [0.15, 0.2) is 5.82 Å². The van der Waals surface area contributed by atoms with Crippen LogP contribution in [0, 0.1) is 5.82 Å². The Kier molecular flexibility index (Phi) is 3.02. The van der Waals surface area contributed by atoms with Crippen LogP contribution >= 0.6 is 0 Å². The van der Waals surface area contributed by atoms with E-state index in [4.69, 9.17) is 0 Å². The molecule has 0 aliphatic rings. The highest BCUT2D eigenvalue weighted by Gasteiger charge is 2.08. The monoisotopic (exact) mass is 250 g/mol. The molecular weight excluding hydrogens is 239 g/mol. The van der Waals surface area contributed by atoms with E-state index in [9.17, 15) is 4.39 Å². The average Bonchev–Trinajstić information content (AvgIpc) is 2.49. The predicted molar refractivity (Wildman–Crippen MR) is 72.9 cm³/mol. The molecule has 0 fully saturated rings. The fourth-order valence-corrected chi connectivity index (χ4v) is 2.00. The quantitative estimate of drug-likeness (QED) is 0.688. The number of nitrogens with zero attached hydrogens (tertiary/aromatic N) is 2. The van der Waals surface area contributed by atoms with E-state index >= 15 is 0 Å². The molecule has 2 aromatic carbocycles. The molecule has 0 spiro atoms. The number of rotatable bonds is 2. The van der Waals surface area contributed by atoms with Gasteiger partial charge in [0.1, 0.15) is 5.82 Å². The summed E-state index contributed by atoms with van der Waals surface area (Å²) in [5, 5.41) is 0. The number of aromatic nitrogens is 2. The van der Waals surface area contributed by atoms with Crippen LogP contribution in [0.5, 0.6) is 0 Å². The van der Waals surface area contributed by atoms with E-state index in [1.165, 1.54) is 12.1 Å². The van der Waals surface area contributed by atoms with Gasteiger partial charge in [0, 0.05) is 18.0 Å². The summed E-state index contributed by atoms with van der Waals surface area (Å²) in [4.78, 5) is 8.54. The highest BCUT2D eigenvalue weighted by Crippen LogP contribution is 2.29. The van der Waals surface area contributed by atoms with Crippen molar-refractivity contribution in [3.63, 3.8) is 0 Å². The molecule has 0 saturated heterocycles. The number of hydrogen-bond donors (Lipinski definition) is 0. The summed E-state index contributed by atoms with van der Waals surface area (Å²) in [5.74, 6) is 0.430. The highest BCUT2D eigenvalue weighted by molar-refractivity contribution is 5.80. The Labute approximate surface area is 110 Å². The first kappa shape index (κ1) is 11.5. The largest absolute Gasteiger partial charge is 0.237 e. The van der Waals surface area contributed by atoms with Crippen LogP contribution < -0.4 is 0 Å². The molecule has 92 valence electrons. The van der Waals surface area contributed by atoms with Crippen molar-refractivity contribution in [3.8, 4) is 22.5 Å². The molecule has 3 heteroatoms. The van der Waals surface area contributed by atoms with E-state index in [1.807, 2.05) is 24.3 Å². The first-order valence-electron chi connectivity index (χ1n) is 5.97. The van der Waals surface area contributed by atoms with Crippen LogP contribution in [0.2, 0.25) is 0 Å². The van der Waals surface area contributed by atoms with Crippen LogP contribution in [-0.4, -0.2) is 9.97 Å². The van der Waals surface area contributed by atoms with Crippen LogP contribution in [-0.2, 0) is 0 Å². The average molecular weight is 250 g/mol. The molecule has 1 aromatic heterocycles. The maximum absolute atomic E-state index is 13.0. The molecular formula is C16H11FN2. The second-order valence-corrected chi connectivity index (χ2v) is 4.12. The fourth-order valence-electron chi connectivity index (χ4n) is 2.00. The Morgan fingerprint density at radius 3 is 2.00 bits per heavy atom. The molecule has 3 aromatic rings. The summed E-state index contributed by atoms with van der Waals surface area (Å²) in [6.07, 6.45) is 3.42. The van der Waals surface area contributed by atoms with Gasteiger partial charge in [-0.2, -0.15) is 0 Å². The van der Waals surface area contributed by atoms with Crippen molar-refractivity contribution in [2.75, 3.05) is 0 Å². The van der Waals surface area contributed by atoms with Crippen LogP contribution in [0.3, 0.4) is 0 Å². The fraction of sp³-hybridized carbons (Fsp3) is 0. The zero-order valence-electron chi connectivity index (χ0n) is 10.1. The molecule has 0 atom stereocenters. The van der Waals surface area contributed by atoms with Crippen LogP contribution in [0.25, 0.3) is 22.5 Å². The maximum Gasteiger partial charge on any atom is 0.159 e. The molecule has 0 aliphatic carbocycles. The van der Waals surface area contributed by atoms with Crippen molar-refractivity contribution in [2.45, 2.75) is 0 Å². The topological polar surface area (TPSA) is 25.8 Å². The maximum atomic E-state index is 13.0. The molecule has 0 radical (unpaired) electrons. The third-order valence-electron chi connectivity index (χ3n) is 2.89. The zero-order chi connectivity index (χ0) is 13.1. The second kappa shape index (κ2) is 4.98. The minimum Gasteiger partial charge on any atom is -0.237 e. The Morgan fingerprint density at radius 1 is 0.684 bits per heavy atom. The summed E-state index contributed by atoms with van der Waals surface area (Å²) in [5.41, 5.74) is 2.88. The Hall–Kier alpha value is -2.55. The molecule has 2 nitrogen and oxygen atoms in total. The standard InChI is InChI=1S/C16H11FN2/c17-13-8-6-12(7-9-13)14-4-1-2-5-15(14)16-18-10-3-11-19-16/h1-11H. The second-order valence-electron chi connectivity index (χ2n) is 4.12. The van der Waals surface area contributed by atoms with Gasteiger partial charge in [-0.25, -0.2) is 14.4 Å². The molecule has 0 bridgehead atoms. The highest BCUT2D eigenvalue weighted by atomic mass is 19.1. The molecule has 0 amide bonds. The van der Waals surface area contributed by atoms with Crippen molar-refractivity contribution >= 4 is 0 Å². The third kappa shape index (κ3) is 2.36. The van der Waals surface area contributed by atoms with Gasteiger partial charge in [-0.05, 0) is 29.3 Å². The minimum atomic E-state index is -0.239. The first-order chi connectivity index (χ1) is 9.34. The number of halogens is 1. The van der Waals surface area contributed by atoms with Gasteiger partial charge in [0.25, 0.3) is 0 Å². The predicted octanol–water partition coefficient (Wildman–Crippen LogP) is 3.95. The number of hydrogen-bond acceptors (Lipinski definition) is 2. The summed E-state index contributed by atoms with van der Waals surface area (Å²) in [7, 11) is 0. The van der Waals surface area contributed by atoms with Crippen molar-refractivity contribution < 1.29 is 4.39 Å². The molecule has 3 rings (SSSR count). The van der Waals surface area contributed by atoms with E-state index in [2.05, 4.69) is 9.97 Å². The van der Waals surface area contributed by atoms with Gasteiger partial charge in [0.2, 0.25) is 0 Å². The van der Waals surface area contributed by atoms with E-state index in [0.717, 1.165) is 16.7 Å². The molecule has 0 N–H and O–H groups in total. The minimum absolute atomic E-state index is 0.239. The lowest BCUT2D eigenvalue weighted by atomic mass is 9.99. The van der Waals surface area contributed by atoms with Gasteiger partial charge in [0.05, 0.1) is 0 Å². The Balaban J connectivity index is 2.15. The van der Waals surface area contributed by atoms with E-state index < -0.39 is 0 Å². The van der Waals surface area contributed by atoms with E-state index in [0.29, 0.717) is 5.82 Å². The van der Waals surface area contributed by atoms with Gasteiger partial charge in [-0.15, -0.1) is 0 Å². The van der Waals surface area contributed by atoms with Gasteiger partial charge < -0.3 is 0 Å². The Morgan fingerprint density at radius 2 is 1.32 bits per heavy atom. The summed E-state index contributed by atoms with van der Waals surface area (Å²) < 4.78 is 13.0. The van der Waals surface area contributed by atoms with Crippen molar-refractivity contribution in [1.29, 1.82) is 0 Å². The molecule has 0 aliphatic heterocycles. The van der Waals surface area contributed by atoms with Crippen LogP contribution in [0.4, 0.5) is 4.39 Å². The lowest BCUT2D eigenvalue weighted by Gasteiger charge is -2.08. The SMILES string of the molecule is Fc1ccc(-c2ccccc2-c2ncccn2)cc1. The third-order valence-corrected chi connectivity index (χ3v) is 2.89. The lowest BCUT2D eigenvalue weighted by molar-refractivity contribution is 0.628. The molecule has 0 unspecified atom stereocenters. The summed E-state index contributed by atoms with van der Waals surface area (Å²) in [6, 6.07) is 16.1. The van der Waals surface area contributed by atoms with Crippen molar-refractivity contribution in [2.24, 2.45) is 0 Å². The van der Waals surface area contributed by atoms with Gasteiger partial charge in [-0.1, -0.05) is 36.4 Å². The van der Waals surface area contributed by atoms with Crippen molar-refractivity contribution in [1.82, 2.24) is 9.97 Å². The first-order valence-corrected chi connectivity index (χ1v) is 5.97. The zero-order valence-corrected chi connectivity index (χ0v) is 10.1. The lowest BCUT2D eigenvalue weighted by Crippen LogP contribution is -1.90. The molecule has 1 heterocycles. The Bertz CT molecular complexity index is 679. The number of benzene rings is 2. The van der Waals surface area contributed by atoms with Crippen LogP contribution in [0.1, 0.15) is 0 Å². The van der Waals surface area contributed by atoms with E-state index in [1.54, 1.807) is 30.6 Å². The summed E-state index contributed by atoms with van der Waals surface area (Å²) >= 11 is 0. The van der Waals surface area contributed by atoms with Gasteiger partial charge in [-0.3, -0.25) is 0 Å².